The Labute approximate surface area is 92.6 Å². The number of hydrogen-bond donors (Lipinski definition) is 0. The lowest BCUT2D eigenvalue weighted by Gasteiger charge is -1.96. The highest BCUT2D eigenvalue weighted by Crippen LogP contribution is 2.30. The molecule has 4 heteroatoms. The monoisotopic (exact) mass is 217 g/mol. The normalized spacial score (nSPS) is 10.2. The first-order valence-electron chi connectivity index (χ1n) is 4.67. The average Bonchev–Trinajstić information content (AvgIpc) is 2.77. The van der Waals surface area contributed by atoms with Crippen LogP contribution in [0.4, 0.5) is 0 Å². The fraction of sp³-hybridized carbons (Fsp3) is 0.273. The SMILES string of the molecule is Cc1c(-c2ccc(CC#N)s2)cnn1C. The molecular formula is C11H11N3S. The molecule has 0 radical (unpaired) electrons. The van der Waals surface area contributed by atoms with Crippen LogP contribution in [-0.2, 0) is 13.5 Å². The Morgan fingerprint density at radius 3 is 2.93 bits per heavy atom. The van der Waals surface area contributed by atoms with E-state index < -0.39 is 0 Å². The van der Waals surface area contributed by atoms with Crippen LogP contribution < -0.4 is 0 Å². The molecule has 0 amide bonds. The fourth-order valence-electron chi connectivity index (χ4n) is 1.44. The number of hydrogen-bond acceptors (Lipinski definition) is 3. The molecule has 0 spiro atoms. The van der Waals surface area contributed by atoms with Gasteiger partial charge in [0.15, 0.2) is 0 Å². The summed E-state index contributed by atoms with van der Waals surface area (Å²) in [7, 11) is 1.93. The first-order chi connectivity index (χ1) is 7.22. The molecule has 0 atom stereocenters. The van der Waals surface area contributed by atoms with Gasteiger partial charge in [-0.05, 0) is 19.1 Å². The molecule has 15 heavy (non-hydrogen) atoms. The minimum Gasteiger partial charge on any atom is -0.272 e. The van der Waals surface area contributed by atoms with Crippen LogP contribution in [0, 0.1) is 18.3 Å². The zero-order valence-corrected chi connectivity index (χ0v) is 9.51. The Morgan fingerprint density at radius 1 is 1.53 bits per heavy atom. The molecule has 0 aromatic carbocycles. The van der Waals surface area contributed by atoms with Gasteiger partial charge in [-0.25, -0.2) is 0 Å². The maximum Gasteiger partial charge on any atom is 0.0695 e. The summed E-state index contributed by atoms with van der Waals surface area (Å²) >= 11 is 1.66. The van der Waals surface area contributed by atoms with Crippen molar-refractivity contribution < 1.29 is 0 Å². The Balaban J connectivity index is 2.38. The molecule has 3 nitrogen and oxygen atoms in total. The van der Waals surface area contributed by atoms with Crippen molar-refractivity contribution in [2.45, 2.75) is 13.3 Å². The van der Waals surface area contributed by atoms with E-state index in [1.54, 1.807) is 11.3 Å². The van der Waals surface area contributed by atoms with Crippen LogP contribution >= 0.6 is 11.3 Å². The molecule has 76 valence electrons. The molecule has 0 saturated carbocycles. The lowest BCUT2D eigenvalue weighted by molar-refractivity contribution is 0.740. The van der Waals surface area contributed by atoms with Gasteiger partial charge in [-0.1, -0.05) is 0 Å². The minimum atomic E-state index is 0.490. The van der Waals surface area contributed by atoms with Crippen LogP contribution in [0.1, 0.15) is 10.6 Å². The van der Waals surface area contributed by atoms with Gasteiger partial charge in [-0.2, -0.15) is 10.4 Å². The number of nitriles is 1. The predicted molar refractivity (Wildman–Crippen MR) is 60.6 cm³/mol. The standard InChI is InChI=1S/C11H11N3S/c1-8-10(7-13-14(8)2)11-4-3-9(15-11)5-6-12/h3-4,7H,5H2,1-2H3. The van der Waals surface area contributed by atoms with Crippen molar-refractivity contribution in [3.8, 4) is 16.5 Å². The fourth-order valence-corrected chi connectivity index (χ4v) is 2.44. The maximum atomic E-state index is 8.60. The Kier molecular flexibility index (Phi) is 2.57. The van der Waals surface area contributed by atoms with Gasteiger partial charge < -0.3 is 0 Å². The molecule has 0 fully saturated rings. The highest BCUT2D eigenvalue weighted by molar-refractivity contribution is 7.15. The van der Waals surface area contributed by atoms with E-state index in [0.717, 1.165) is 16.1 Å². The van der Waals surface area contributed by atoms with Crippen molar-refractivity contribution in [1.29, 1.82) is 5.26 Å². The lowest BCUT2D eigenvalue weighted by atomic mass is 10.2. The van der Waals surface area contributed by atoms with E-state index in [-0.39, 0.29) is 0 Å². The second-order valence-electron chi connectivity index (χ2n) is 3.37. The Hall–Kier alpha value is -1.60. The smallest absolute Gasteiger partial charge is 0.0695 e. The summed E-state index contributed by atoms with van der Waals surface area (Å²) in [6, 6.07) is 6.22. The van der Waals surface area contributed by atoms with E-state index in [9.17, 15) is 0 Å². The summed E-state index contributed by atoms with van der Waals surface area (Å²) in [4.78, 5) is 2.29. The largest absolute Gasteiger partial charge is 0.272 e. The average molecular weight is 217 g/mol. The van der Waals surface area contributed by atoms with Crippen molar-refractivity contribution in [2.75, 3.05) is 0 Å². The molecule has 0 saturated heterocycles. The summed E-state index contributed by atoms with van der Waals surface area (Å²) in [5.41, 5.74) is 2.31. The molecular weight excluding hydrogens is 206 g/mol. The maximum absolute atomic E-state index is 8.60. The van der Waals surface area contributed by atoms with Gasteiger partial charge in [0.05, 0.1) is 18.7 Å². The van der Waals surface area contributed by atoms with E-state index in [2.05, 4.69) is 17.2 Å². The Morgan fingerprint density at radius 2 is 2.33 bits per heavy atom. The zero-order valence-electron chi connectivity index (χ0n) is 8.69. The second-order valence-corrected chi connectivity index (χ2v) is 4.54. The first-order valence-corrected chi connectivity index (χ1v) is 5.48. The molecule has 0 bridgehead atoms. The summed E-state index contributed by atoms with van der Waals surface area (Å²) in [6.07, 6.45) is 2.36. The molecule has 0 unspecified atom stereocenters. The topological polar surface area (TPSA) is 41.6 Å². The highest BCUT2D eigenvalue weighted by atomic mass is 32.1. The van der Waals surface area contributed by atoms with E-state index in [4.69, 9.17) is 5.26 Å². The van der Waals surface area contributed by atoms with Gasteiger partial charge in [0, 0.05) is 28.1 Å². The molecule has 2 aromatic heterocycles. The van der Waals surface area contributed by atoms with Gasteiger partial charge in [0.2, 0.25) is 0 Å². The van der Waals surface area contributed by atoms with E-state index in [1.807, 2.05) is 30.9 Å². The molecule has 0 aliphatic rings. The van der Waals surface area contributed by atoms with Crippen LogP contribution in [-0.4, -0.2) is 9.78 Å². The van der Waals surface area contributed by atoms with E-state index in [0.29, 0.717) is 6.42 Å². The van der Waals surface area contributed by atoms with Gasteiger partial charge in [-0.15, -0.1) is 11.3 Å². The van der Waals surface area contributed by atoms with Gasteiger partial charge in [0.1, 0.15) is 0 Å². The third kappa shape index (κ3) is 1.79. The molecule has 2 rings (SSSR count). The van der Waals surface area contributed by atoms with Crippen molar-refractivity contribution in [1.82, 2.24) is 9.78 Å². The number of nitrogens with zero attached hydrogens (tertiary/aromatic N) is 3. The van der Waals surface area contributed by atoms with Gasteiger partial charge in [-0.3, -0.25) is 4.68 Å². The van der Waals surface area contributed by atoms with Crippen LogP contribution in [0.5, 0.6) is 0 Å². The zero-order chi connectivity index (χ0) is 10.8. The third-order valence-electron chi connectivity index (χ3n) is 2.42. The molecule has 0 N–H and O–H groups in total. The predicted octanol–water partition coefficient (Wildman–Crippen LogP) is 2.52. The molecule has 2 aromatic rings. The van der Waals surface area contributed by atoms with Crippen LogP contribution in [0.25, 0.3) is 10.4 Å². The second kappa shape index (κ2) is 3.87. The highest BCUT2D eigenvalue weighted by Gasteiger charge is 2.08. The van der Waals surface area contributed by atoms with Gasteiger partial charge >= 0.3 is 0 Å². The first kappa shape index (κ1) is 9.94. The van der Waals surface area contributed by atoms with Crippen LogP contribution in [0.3, 0.4) is 0 Å². The number of aryl methyl sites for hydroxylation is 1. The van der Waals surface area contributed by atoms with Crippen molar-refractivity contribution in [3.63, 3.8) is 0 Å². The van der Waals surface area contributed by atoms with Crippen molar-refractivity contribution >= 4 is 11.3 Å². The molecule has 2 heterocycles. The van der Waals surface area contributed by atoms with Gasteiger partial charge in [0.25, 0.3) is 0 Å². The lowest BCUT2D eigenvalue weighted by Crippen LogP contribution is -1.91. The van der Waals surface area contributed by atoms with Crippen molar-refractivity contribution in [2.24, 2.45) is 7.05 Å². The quantitative estimate of drug-likeness (QED) is 0.775. The summed E-state index contributed by atoms with van der Waals surface area (Å²) in [6.45, 7) is 2.05. The number of rotatable bonds is 2. The van der Waals surface area contributed by atoms with Crippen LogP contribution in [0.15, 0.2) is 18.3 Å². The third-order valence-corrected chi connectivity index (χ3v) is 3.53. The summed E-state index contributed by atoms with van der Waals surface area (Å²) < 4.78 is 1.86. The molecule has 0 aliphatic carbocycles. The summed E-state index contributed by atoms with van der Waals surface area (Å²) in [5, 5.41) is 12.8. The molecule has 0 aliphatic heterocycles. The number of aromatic nitrogens is 2. The van der Waals surface area contributed by atoms with Crippen molar-refractivity contribution in [3.05, 3.63) is 28.9 Å². The van der Waals surface area contributed by atoms with E-state index in [1.165, 1.54) is 4.88 Å². The number of thiophene rings is 1. The van der Waals surface area contributed by atoms with E-state index >= 15 is 0 Å². The summed E-state index contributed by atoms with van der Waals surface area (Å²) in [5.74, 6) is 0. The Bertz CT molecular complexity index is 516. The van der Waals surface area contributed by atoms with Crippen LogP contribution in [0.2, 0.25) is 0 Å². The minimum absolute atomic E-state index is 0.490.